The van der Waals surface area contributed by atoms with E-state index in [1.807, 2.05) is 57.7 Å². The van der Waals surface area contributed by atoms with Crippen LogP contribution in [0.15, 0.2) is 48.8 Å². The molecule has 0 aliphatic carbocycles. The van der Waals surface area contributed by atoms with Crippen LogP contribution in [0.3, 0.4) is 0 Å². The topological polar surface area (TPSA) is 93.1 Å². The molecule has 2 unspecified atom stereocenters. The molecule has 0 amide bonds. The van der Waals surface area contributed by atoms with Gasteiger partial charge in [-0.1, -0.05) is 79.1 Å². The minimum absolute atomic E-state index is 0.772. The maximum atomic E-state index is 5.03. The standard InChI is InChI=1S/C44H43N7S7/c1-5-9-11-23(7-3)13-25-15-33-35(52-25)19-37(55-33)41-43-39(48-57-50-43)27(21-45-41)29-17-32-30(47-29)18-31(54-32)28-22-46-42(44-40(28)49-58-51-44)38-20-36-34(56-38)16-26(53-36)14-24(8-4)12-10-6-2/h15-24,47H,5-14H2,1-4H3. The minimum Gasteiger partial charge on any atom is -0.354 e. The maximum absolute atomic E-state index is 5.03. The van der Waals surface area contributed by atoms with Gasteiger partial charge in [-0.15, -0.1) is 56.7 Å². The molecule has 0 aliphatic heterocycles. The second-order valence-electron chi connectivity index (χ2n) is 15.4. The summed E-state index contributed by atoms with van der Waals surface area (Å²) >= 11 is 11.8. The van der Waals surface area contributed by atoms with E-state index in [1.54, 1.807) is 11.3 Å². The van der Waals surface area contributed by atoms with Crippen LogP contribution in [0.25, 0.3) is 93.9 Å². The van der Waals surface area contributed by atoms with E-state index in [4.69, 9.17) is 27.5 Å². The summed E-state index contributed by atoms with van der Waals surface area (Å²) in [4.78, 5) is 20.2. The normalized spacial score (nSPS) is 13.4. The SMILES string of the molecule is CCCCC(CC)Cc1cc2sc(-c3ncc(-c4cc5sc(-c6cnc(-c7cc8sc(CC(CC)CCCC)cc8s7)c7nsnc67)cc5[nH]4)c4nsnc34)cc2s1. The first-order valence-corrected chi connectivity index (χ1v) is 25.9. The van der Waals surface area contributed by atoms with Crippen LogP contribution in [0.4, 0.5) is 0 Å². The molecular formula is C44H43N7S7. The fraction of sp³-hybridized carbons (Fsp3) is 0.364. The van der Waals surface area contributed by atoms with E-state index in [1.165, 1.54) is 116 Å². The fourth-order valence-corrected chi connectivity index (χ4v) is 15.4. The first-order chi connectivity index (χ1) is 28.5. The summed E-state index contributed by atoms with van der Waals surface area (Å²) in [6.07, 6.45) is 16.6. The van der Waals surface area contributed by atoms with Crippen LogP contribution >= 0.6 is 80.1 Å². The van der Waals surface area contributed by atoms with Gasteiger partial charge in [0.1, 0.15) is 33.5 Å². The predicted octanol–water partition coefficient (Wildman–Crippen LogP) is 15.8. The van der Waals surface area contributed by atoms with Crippen LogP contribution in [0.2, 0.25) is 0 Å². The van der Waals surface area contributed by atoms with E-state index in [0.717, 1.165) is 87.0 Å². The van der Waals surface area contributed by atoms with Gasteiger partial charge < -0.3 is 4.98 Å². The van der Waals surface area contributed by atoms with Crippen molar-refractivity contribution in [2.24, 2.45) is 11.8 Å². The molecule has 10 aromatic heterocycles. The molecule has 7 nitrogen and oxygen atoms in total. The Morgan fingerprint density at radius 1 is 0.517 bits per heavy atom. The van der Waals surface area contributed by atoms with Crippen LogP contribution in [0, 0.1) is 11.8 Å². The molecule has 296 valence electrons. The van der Waals surface area contributed by atoms with E-state index in [-0.39, 0.29) is 0 Å². The van der Waals surface area contributed by atoms with E-state index < -0.39 is 0 Å². The van der Waals surface area contributed by atoms with E-state index in [0.29, 0.717) is 0 Å². The third-order valence-corrected chi connectivity index (χ3v) is 18.3. The molecule has 0 radical (unpaired) electrons. The van der Waals surface area contributed by atoms with Crippen LogP contribution in [-0.2, 0) is 12.8 Å². The minimum atomic E-state index is 0.772. The molecule has 10 aromatic rings. The van der Waals surface area contributed by atoms with Crippen LogP contribution < -0.4 is 0 Å². The van der Waals surface area contributed by atoms with Gasteiger partial charge in [-0.05, 0) is 61.1 Å². The molecule has 58 heavy (non-hydrogen) atoms. The number of thiophene rings is 5. The highest BCUT2D eigenvalue weighted by atomic mass is 32.1. The highest BCUT2D eigenvalue weighted by molar-refractivity contribution is 7.30. The molecule has 0 spiro atoms. The van der Waals surface area contributed by atoms with Gasteiger partial charge in [0.15, 0.2) is 0 Å². The molecule has 0 aromatic carbocycles. The molecule has 0 saturated carbocycles. The molecule has 14 heteroatoms. The maximum Gasteiger partial charge on any atom is 0.132 e. The zero-order valence-corrected chi connectivity index (χ0v) is 38.6. The van der Waals surface area contributed by atoms with Gasteiger partial charge in [-0.3, -0.25) is 9.97 Å². The third kappa shape index (κ3) is 7.26. The summed E-state index contributed by atoms with van der Waals surface area (Å²) in [7, 11) is 0. The van der Waals surface area contributed by atoms with Gasteiger partial charge in [0.25, 0.3) is 0 Å². The number of pyridine rings is 2. The van der Waals surface area contributed by atoms with Crippen molar-refractivity contribution in [3.8, 4) is 42.8 Å². The number of H-pyrrole nitrogens is 1. The van der Waals surface area contributed by atoms with E-state index in [9.17, 15) is 0 Å². The lowest BCUT2D eigenvalue weighted by atomic mass is 9.95. The van der Waals surface area contributed by atoms with Crippen LogP contribution in [0.5, 0.6) is 0 Å². The van der Waals surface area contributed by atoms with Crippen molar-refractivity contribution in [2.45, 2.75) is 91.9 Å². The third-order valence-electron chi connectivity index (χ3n) is 11.5. The summed E-state index contributed by atoms with van der Waals surface area (Å²) < 4.78 is 25.7. The van der Waals surface area contributed by atoms with Gasteiger partial charge >= 0.3 is 0 Å². The Kier molecular flexibility index (Phi) is 11.0. The van der Waals surface area contributed by atoms with Crippen molar-refractivity contribution in [1.82, 2.24) is 32.4 Å². The molecule has 2 atom stereocenters. The highest BCUT2D eigenvalue weighted by Crippen LogP contribution is 2.45. The van der Waals surface area contributed by atoms with Crippen molar-refractivity contribution in [3.05, 3.63) is 58.5 Å². The Labute approximate surface area is 365 Å². The molecule has 1 N–H and O–H groups in total. The lowest BCUT2D eigenvalue weighted by molar-refractivity contribution is 0.452. The number of rotatable bonds is 16. The average Bonchev–Trinajstić information content (AvgIpc) is 4.08. The van der Waals surface area contributed by atoms with Gasteiger partial charge in [0.05, 0.1) is 49.1 Å². The van der Waals surface area contributed by atoms with Gasteiger partial charge in [0.2, 0.25) is 0 Å². The van der Waals surface area contributed by atoms with Gasteiger partial charge in [0, 0.05) is 57.0 Å². The van der Waals surface area contributed by atoms with E-state index >= 15 is 0 Å². The smallest absolute Gasteiger partial charge is 0.132 e. The zero-order chi connectivity index (χ0) is 39.3. The van der Waals surface area contributed by atoms with Crippen molar-refractivity contribution in [2.75, 3.05) is 0 Å². The van der Waals surface area contributed by atoms with Crippen molar-refractivity contribution < 1.29 is 0 Å². The molecule has 0 aliphatic rings. The molecule has 10 heterocycles. The van der Waals surface area contributed by atoms with Crippen LogP contribution in [-0.4, -0.2) is 32.4 Å². The Balaban J connectivity index is 0.894. The Morgan fingerprint density at radius 3 is 1.53 bits per heavy atom. The molecule has 0 saturated heterocycles. The predicted molar refractivity (Wildman–Crippen MR) is 256 cm³/mol. The molecule has 10 rings (SSSR count). The van der Waals surface area contributed by atoms with Crippen molar-refractivity contribution in [3.63, 3.8) is 0 Å². The van der Waals surface area contributed by atoms with Gasteiger partial charge in [-0.2, -0.15) is 17.5 Å². The second kappa shape index (κ2) is 16.5. The summed E-state index contributed by atoms with van der Waals surface area (Å²) in [6.45, 7) is 9.24. The number of unbranched alkanes of at least 4 members (excludes halogenated alkanes) is 2. The number of nitrogens with one attached hydrogen (secondary N) is 1. The monoisotopic (exact) mass is 893 g/mol. The number of hydrogen-bond donors (Lipinski definition) is 1. The zero-order valence-electron chi connectivity index (χ0n) is 32.9. The summed E-state index contributed by atoms with van der Waals surface area (Å²) in [5, 5.41) is 0. The first-order valence-electron chi connectivity index (χ1n) is 20.4. The number of aromatic nitrogens is 7. The molecule has 0 bridgehead atoms. The Morgan fingerprint density at radius 2 is 1.02 bits per heavy atom. The second-order valence-corrected chi connectivity index (χ2v) is 22.0. The Bertz CT molecular complexity index is 2730. The lowest BCUT2D eigenvalue weighted by Gasteiger charge is -2.12. The molecular weight excluding hydrogens is 851 g/mol. The number of hydrogen-bond acceptors (Lipinski definition) is 13. The number of nitrogens with zero attached hydrogens (tertiary/aromatic N) is 6. The highest BCUT2D eigenvalue weighted by Gasteiger charge is 2.22. The van der Waals surface area contributed by atoms with Gasteiger partial charge in [-0.25, -0.2) is 0 Å². The summed E-state index contributed by atoms with van der Waals surface area (Å²) in [5.41, 5.74) is 9.44. The fourth-order valence-electron chi connectivity index (χ4n) is 8.14. The Hall–Kier alpha value is -3.50. The molecule has 0 fully saturated rings. The summed E-state index contributed by atoms with van der Waals surface area (Å²) in [5.74, 6) is 1.55. The summed E-state index contributed by atoms with van der Waals surface area (Å²) in [6, 6.07) is 13.9. The number of aromatic amines is 1. The lowest BCUT2D eigenvalue weighted by Crippen LogP contribution is -2.01. The van der Waals surface area contributed by atoms with Crippen molar-refractivity contribution >= 4 is 131 Å². The average molecular weight is 894 g/mol. The van der Waals surface area contributed by atoms with E-state index in [2.05, 4.69) is 69.1 Å². The van der Waals surface area contributed by atoms with Crippen molar-refractivity contribution in [1.29, 1.82) is 0 Å². The quantitative estimate of drug-likeness (QED) is 0.104. The first kappa shape index (κ1) is 38.7. The largest absolute Gasteiger partial charge is 0.354 e. The van der Waals surface area contributed by atoms with Crippen LogP contribution in [0.1, 0.15) is 88.8 Å². The number of fused-ring (bicyclic) bond motifs is 5.